The molecular weight excluding hydrogens is 194 g/mol. The maximum atomic E-state index is 11.2. The van der Waals surface area contributed by atoms with Crippen molar-refractivity contribution >= 4 is 21.8 Å². The van der Waals surface area contributed by atoms with Gasteiger partial charge in [0.2, 0.25) is 5.91 Å². The molecule has 0 fully saturated rings. The number of rotatable bonds is 3. The van der Waals surface area contributed by atoms with Gasteiger partial charge in [-0.05, 0) is 20.8 Å². The topological polar surface area (TPSA) is 20.3 Å². The zero-order valence-corrected chi connectivity index (χ0v) is 8.31. The van der Waals surface area contributed by atoms with Crippen molar-refractivity contribution < 1.29 is 4.79 Å². The Morgan fingerprint density at radius 2 is 1.90 bits per heavy atom. The van der Waals surface area contributed by atoms with Crippen LogP contribution < -0.4 is 0 Å². The summed E-state index contributed by atoms with van der Waals surface area (Å²) in [6.07, 6.45) is 0. The lowest BCUT2D eigenvalue weighted by molar-refractivity contribution is -0.129. The SMILES string of the molecule is CCN(CC)C(=O)C(C)Br. The summed E-state index contributed by atoms with van der Waals surface area (Å²) in [4.78, 5) is 12.9. The maximum Gasteiger partial charge on any atom is 0.236 e. The van der Waals surface area contributed by atoms with Crippen molar-refractivity contribution in [1.82, 2.24) is 4.90 Å². The van der Waals surface area contributed by atoms with Crippen LogP contribution >= 0.6 is 15.9 Å². The molecule has 1 atom stereocenters. The Balaban J connectivity index is 3.89. The van der Waals surface area contributed by atoms with Crippen LogP contribution in [0.1, 0.15) is 20.8 Å². The largest absolute Gasteiger partial charge is 0.342 e. The van der Waals surface area contributed by atoms with E-state index in [9.17, 15) is 4.79 Å². The fourth-order valence-electron chi connectivity index (χ4n) is 0.787. The minimum Gasteiger partial charge on any atom is -0.342 e. The van der Waals surface area contributed by atoms with Gasteiger partial charge < -0.3 is 4.90 Å². The fourth-order valence-corrected chi connectivity index (χ4v) is 1.08. The summed E-state index contributed by atoms with van der Waals surface area (Å²) in [5.74, 6) is 0.171. The molecule has 0 rings (SSSR count). The highest BCUT2D eigenvalue weighted by Gasteiger charge is 2.13. The second-order valence-corrected chi connectivity index (χ2v) is 3.50. The van der Waals surface area contributed by atoms with E-state index in [2.05, 4.69) is 15.9 Å². The highest BCUT2D eigenvalue weighted by molar-refractivity contribution is 9.10. The Morgan fingerprint density at radius 1 is 1.50 bits per heavy atom. The molecule has 10 heavy (non-hydrogen) atoms. The van der Waals surface area contributed by atoms with Gasteiger partial charge in [0.25, 0.3) is 0 Å². The summed E-state index contributed by atoms with van der Waals surface area (Å²) in [6, 6.07) is 0. The molecule has 3 heteroatoms. The van der Waals surface area contributed by atoms with Crippen LogP contribution in [0, 0.1) is 0 Å². The molecular formula is C7H14BrNO. The molecule has 0 heterocycles. The number of nitrogens with zero attached hydrogens (tertiary/aromatic N) is 1. The zero-order chi connectivity index (χ0) is 8.15. The number of hydrogen-bond acceptors (Lipinski definition) is 1. The number of halogens is 1. The van der Waals surface area contributed by atoms with Crippen molar-refractivity contribution in [2.75, 3.05) is 13.1 Å². The molecule has 0 bridgehead atoms. The van der Waals surface area contributed by atoms with E-state index in [1.807, 2.05) is 20.8 Å². The normalized spacial score (nSPS) is 12.8. The molecule has 0 aliphatic carbocycles. The van der Waals surface area contributed by atoms with Crippen LogP contribution in [0.4, 0.5) is 0 Å². The van der Waals surface area contributed by atoms with Crippen molar-refractivity contribution in [1.29, 1.82) is 0 Å². The molecule has 0 N–H and O–H groups in total. The van der Waals surface area contributed by atoms with E-state index in [-0.39, 0.29) is 10.7 Å². The van der Waals surface area contributed by atoms with Gasteiger partial charge in [0, 0.05) is 13.1 Å². The van der Waals surface area contributed by atoms with Gasteiger partial charge in [-0.25, -0.2) is 0 Å². The second kappa shape index (κ2) is 4.72. The number of alkyl halides is 1. The average molecular weight is 208 g/mol. The van der Waals surface area contributed by atoms with Crippen LogP contribution in [0.5, 0.6) is 0 Å². The first kappa shape index (κ1) is 9.95. The molecule has 1 unspecified atom stereocenters. The molecule has 0 saturated heterocycles. The van der Waals surface area contributed by atoms with Gasteiger partial charge in [-0.15, -0.1) is 0 Å². The molecule has 2 nitrogen and oxygen atoms in total. The minimum atomic E-state index is -0.0487. The van der Waals surface area contributed by atoms with E-state index in [4.69, 9.17) is 0 Å². The quantitative estimate of drug-likeness (QED) is 0.645. The molecule has 0 aliphatic rings. The molecule has 60 valence electrons. The van der Waals surface area contributed by atoms with Crippen LogP contribution in [-0.4, -0.2) is 28.7 Å². The second-order valence-electron chi connectivity index (χ2n) is 2.13. The Morgan fingerprint density at radius 3 is 2.00 bits per heavy atom. The monoisotopic (exact) mass is 207 g/mol. The summed E-state index contributed by atoms with van der Waals surface area (Å²) < 4.78 is 0. The van der Waals surface area contributed by atoms with E-state index >= 15 is 0 Å². The Bertz CT molecular complexity index is 110. The van der Waals surface area contributed by atoms with Crippen LogP contribution in [-0.2, 0) is 4.79 Å². The van der Waals surface area contributed by atoms with Gasteiger partial charge in [0.05, 0.1) is 4.83 Å². The van der Waals surface area contributed by atoms with Crippen LogP contribution in [0.2, 0.25) is 0 Å². The third-order valence-corrected chi connectivity index (χ3v) is 1.81. The van der Waals surface area contributed by atoms with Crippen molar-refractivity contribution in [2.24, 2.45) is 0 Å². The zero-order valence-electron chi connectivity index (χ0n) is 6.72. The molecule has 0 radical (unpaired) electrons. The van der Waals surface area contributed by atoms with Gasteiger partial charge in [0.1, 0.15) is 0 Å². The fraction of sp³-hybridized carbons (Fsp3) is 0.857. The number of hydrogen-bond donors (Lipinski definition) is 0. The van der Waals surface area contributed by atoms with Crippen molar-refractivity contribution in [2.45, 2.75) is 25.6 Å². The van der Waals surface area contributed by atoms with Gasteiger partial charge in [-0.3, -0.25) is 4.79 Å². The molecule has 0 spiro atoms. The standard InChI is InChI=1S/C7H14BrNO/c1-4-9(5-2)7(10)6(3)8/h6H,4-5H2,1-3H3. The van der Waals surface area contributed by atoms with Gasteiger partial charge in [-0.1, -0.05) is 15.9 Å². The lowest BCUT2D eigenvalue weighted by atomic mass is 10.4. The number of amides is 1. The molecule has 0 aromatic rings. The lowest BCUT2D eigenvalue weighted by Crippen LogP contribution is -2.34. The van der Waals surface area contributed by atoms with Crippen LogP contribution in [0.15, 0.2) is 0 Å². The van der Waals surface area contributed by atoms with Crippen molar-refractivity contribution in [3.05, 3.63) is 0 Å². The third kappa shape index (κ3) is 2.69. The predicted molar refractivity (Wildman–Crippen MR) is 46.3 cm³/mol. The highest BCUT2D eigenvalue weighted by atomic mass is 79.9. The van der Waals surface area contributed by atoms with E-state index in [1.165, 1.54) is 0 Å². The summed E-state index contributed by atoms with van der Waals surface area (Å²) in [5, 5.41) is 0. The van der Waals surface area contributed by atoms with Crippen LogP contribution in [0.25, 0.3) is 0 Å². The first-order chi connectivity index (χ1) is 4.63. The predicted octanol–water partition coefficient (Wildman–Crippen LogP) is 1.64. The van der Waals surface area contributed by atoms with E-state index in [0.29, 0.717) is 0 Å². The molecule has 0 aliphatic heterocycles. The van der Waals surface area contributed by atoms with Gasteiger partial charge >= 0.3 is 0 Å². The molecule has 1 amide bonds. The molecule has 0 saturated carbocycles. The lowest BCUT2D eigenvalue weighted by Gasteiger charge is -2.19. The first-order valence-electron chi connectivity index (χ1n) is 3.56. The van der Waals surface area contributed by atoms with Gasteiger partial charge in [-0.2, -0.15) is 0 Å². The summed E-state index contributed by atoms with van der Waals surface area (Å²) in [5.41, 5.74) is 0. The number of carbonyl (C=O) groups is 1. The Hall–Kier alpha value is -0.0500. The minimum absolute atomic E-state index is 0.0487. The average Bonchev–Trinajstić information content (AvgIpc) is 1.90. The smallest absolute Gasteiger partial charge is 0.236 e. The third-order valence-electron chi connectivity index (χ3n) is 1.42. The maximum absolute atomic E-state index is 11.2. The van der Waals surface area contributed by atoms with Crippen molar-refractivity contribution in [3.8, 4) is 0 Å². The Labute approximate surface area is 70.7 Å². The number of carbonyl (C=O) groups excluding carboxylic acids is 1. The van der Waals surface area contributed by atoms with Crippen molar-refractivity contribution in [3.63, 3.8) is 0 Å². The highest BCUT2D eigenvalue weighted by Crippen LogP contribution is 2.02. The van der Waals surface area contributed by atoms with E-state index in [1.54, 1.807) is 4.90 Å². The van der Waals surface area contributed by atoms with Crippen LogP contribution in [0.3, 0.4) is 0 Å². The van der Waals surface area contributed by atoms with E-state index in [0.717, 1.165) is 13.1 Å². The summed E-state index contributed by atoms with van der Waals surface area (Å²) >= 11 is 3.23. The molecule has 0 aromatic carbocycles. The first-order valence-corrected chi connectivity index (χ1v) is 4.47. The summed E-state index contributed by atoms with van der Waals surface area (Å²) in [7, 11) is 0. The Kier molecular flexibility index (Phi) is 4.69. The van der Waals surface area contributed by atoms with Gasteiger partial charge in [0.15, 0.2) is 0 Å². The summed E-state index contributed by atoms with van der Waals surface area (Å²) in [6.45, 7) is 7.41. The van der Waals surface area contributed by atoms with E-state index < -0.39 is 0 Å². The molecule has 0 aromatic heterocycles.